The topological polar surface area (TPSA) is 93.3 Å². The minimum absolute atomic E-state index is 0.0435. The molecule has 3 rings (SSSR count). The molecule has 0 aliphatic heterocycles. The monoisotopic (exact) mass is 340 g/mol. The number of nitrogens with zero attached hydrogens (tertiary/aromatic N) is 3. The Balaban J connectivity index is 1.68. The minimum Gasteiger partial charge on any atom is -0.497 e. The van der Waals surface area contributed by atoms with Crippen molar-refractivity contribution in [1.29, 1.82) is 0 Å². The fraction of sp³-hybridized carbons (Fsp3) is 0.278. The molecule has 0 saturated heterocycles. The van der Waals surface area contributed by atoms with E-state index < -0.39 is 0 Å². The normalized spacial score (nSPS) is 12.0. The molecule has 0 radical (unpaired) electrons. The second-order valence-electron chi connectivity index (χ2n) is 5.70. The molecule has 1 atom stereocenters. The van der Waals surface area contributed by atoms with Crippen LogP contribution in [-0.2, 0) is 6.42 Å². The molecule has 1 aromatic carbocycles. The number of anilines is 1. The molecule has 0 unspecified atom stereocenters. The van der Waals surface area contributed by atoms with Crippen molar-refractivity contribution in [2.24, 2.45) is 0 Å². The lowest BCUT2D eigenvalue weighted by Gasteiger charge is -2.10. The van der Waals surface area contributed by atoms with E-state index in [2.05, 4.69) is 20.4 Å². The summed E-state index contributed by atoms with van der Waals surface area (Å²) in [5, 5.41) is 16.2. The zero-order valence-electron chi connectivity index (χ0n) is 14.1. The molecule has 7 nitrogen and oxygen atoms in total. The van der Waals surface area contributed by atoms with E-state index in [1.54, 1.807) is 13.3 Å². The number of aromatic nitrogens is 3. The fourth-order valence-electron chi connectivity index (χ4n) is 2.27. The number of hydrogen-bond acceptors (Lipinski definition) is 7. The van der Waals surface area contributed by atoms with Gasteiger partial charge in [0.15, 0.2) is 5.82 Å². The number of rotatable bonds is 7. The number of nitrogens with one attached hydrogen (secondary N) is 1. The molecule has 0 saturated carbocycles. The largest absolute Gasteiger partial charge is 0.497 e. The van der Waals surface area contributed by atoms with Crippen LogP contribution in [0.15, 0.2) is 47.1 Å². The summed E-state index contributed by atoms with van der Waals surface area (Å²) in [6.45, 7) is 1.92. The van der Waals surface area contributed by atoms with Gasteiger partial charge in [0, 0.05) is 18.7 Å². The molecule has 2 N–H and O–H groups in total. The average molecular weight is 340 g/mol. The first-order chi connectivity index (χ1) is 12.2. The predicted octanol–water partition coefficient (Wildman–Crippen LogP) is 2.52. The van der Waals surface area contributed by atoms with Gasteiger partial charge < -0.3 is 19.7 Å². The highest BCUT2D eigenvalue weighted by atomic mass is 16.5. The summed E-state index contributed by atoms with van der Waals surface area (Å²) in [6.07, 6.45) is 2.24. The Labute approximate surface area is 145 Å². The lowest BCUT2D eigenvalue weighted by molar-refractivity contribution is 0.281. The molecule has 0 aliphatic rings. The van der Waals surface area contributed by atoms with E-state index in [1.807, 2.05) is 43.3 Å². The summed E-state index contributed by atoms with van der Waals surface area (Å²) >= 11 is 0. The molecule has 0 spiro atoms. The summed E-state index contributed by atoms with van der Waals surface area (Å²) in [5.74, 6) is 2.53. The molecule has 0 fully saturated rings. The first-order valence-corrected chi connectivity index (χ1v) is 7.97. The molecule has 130 valence electrons. The molecule has 0 amide bonds. The van der Waals surface area contributed by atoms with Crippen LogP contribution in [0, 0.1) is 0 Å². The molecule has 0 aliphatic carbocycles. The minimum atomic E-state index is -0.0575. The number of benzene rings is 1. The van der Waals surface area contributed by atoms with Crippen molar-refractivity contribution in [3.63, 3.8) is 0 Å². The quantitative estimate of drug-likeness (QED) is 0.682. The van der Waals surface area contributed by atoms with Crippen molar-refractivity contribution in [3.8, 4) is 17.2 Å². The van der Waals surface area contributed by atoms with Crippen LogP contribution in [0.1, 0.15) is 18.3 Å². The van der Waals surface area contributed by atoms with Gasteiger partial charge in [-0.1, -0.05) is 17.3 Å². The summed E-state index contributed by atoms with van der Waals surface area (Å²) in [6, 6.07) is 11.4. The number of ether oxygens (including phenoxy) is 1. The van der Waals surface area contributed by atoms with Gasteiger partial charge in [0.2, 0.25) is 0 Å². The smallest absolute Gasteiger partial charge is 0.259 e. The lowest BCUT2D eigenvalue weighted by Crippen LogP contribution is -2.19. The van der Waals surface area contributed by atoms with Crippen LogP contribution >= 0.6 is 0 Å². The summed E-state index contributed by atoms with van der Waals surface area (Å²) in [5.41, 5.74) is 1.82. The van der Waals surface area contributed by atoms with Crippen molar-refractivity contribution >= 4 is 5.82 Å². The van der Waals surface area contributed by atoms with Crippen LogP contribution < -0.4 is 10.1 Å². The molecule has 0 bridgehead atoms. The Morgan fingerprint density at radius 2 is 2.00 bits per heavy atom. The van der Waals surface area contributed by atoms with Crippen LogP contribution in [0.2, 0.25) is 0 Å². The molecule has 7 heteroatoms. The molecular formula is C18H20N4O3. The lowest BCUT2D eigenvalue weighted by atomic mass is 10.1. The third-order valence-corrected chi connectivity index (χ3v) is 3.67. The number of methoxy groups -OCH3 is 1. The van der Waals surface area contributed by atoms with Gasteiger partial charge in [0.1, 0.15) is 11.6 Å². The summed E-state index contributed by atoms with van der Waals surface area (Å²) in [7, 11) is 1.64. The first-order valence-electron chi connectivity index (χ1n) is 7.97. The van der Waals surface area contributed by atoms with Gasteiger partial charge in [-0.3, -0.25) is 0 Å². The number of hydrogen-bond donors (Lipinski definition) is 2. The third-order valence-electron chi connectivity index (χ3n) is 3.67. The van der Waals surface area contributed by atoms with Crippen molar-refractivity contribution in [1.82, 2.24) is 15.1 Å². The molecule has 3 aromatic rings. The second-order valence-corrected chi connectivity index (χ2v) is 5.70. The van der Waals surface area contributed by atoms with Gasteiger partial charge in [-0.05, 0) is 36.8 Å². The maximum absolute atomic E-state index is 9.05. The van der Waals surface area contributed by atoms with Crippen molar-refractivity contribution < 1.29 is 14.4 Å². The van der Waals surface area contributed by atoms with Crippen LogP contribution in [0.25, 0.3) is 11.5 Å². The number of aliphatic hydroxyl groups excluding tert-OH is 1. The van der Waals surface area contributed by atoms with Gasteiger partial charge in [-0.25, -0.2) is 4.98 Å². The fourth-order valence-corrected chi connectivity index (χ4v) is 2.27. The number of aliphatic hydroxyl groups is 1. The molecule has 2 heterocycles. The standard InChI is InChI=1S/C18H20N4O3/c1-12(11-23)20-16-8-5-14(10-19-16)18-21-17(22-25-18)9-13-3-6-15(24-2)7-4-13/h3-8,10,12,23H,9,11H2,1-2H3,(H,19,20)/t12-/m0/s1. The van der Waals surface area contributed by atoms with Crippen molar-refractivity contribution in [2.45, 2.75) is 19.4 Å². The highest BCUT2D eigenvalue weighted by Gasteiger charge is 2.10. The van der Waals surface area contributed by atoms with Crippen LogP contribution in [0.4, 0.5) is 5.82 Å². The zero-order chi connectivity index (χ0) is 17.6. The van der Waals surface area contributed by atoms with Gasteiger partial charge in [-0.15, -0.1) is 0 Å². The average Bonchev–Trinajstić information content (AvgIpc) is 3.11. The summed E-state index contributed by atoms with van der Waals surface area (Å²) < 4.78 is 10.5. The van der Waals surface area contributed by atoms with E-state index in [4.69, 9.17) is 14.4 Å². The van der Waals surface area contributed by atoms with E-state index in [-0.39, 0.29) is 12.6 Å². The van der Waals surface area contributed by atoms with E-state index >= 15 is 0 Å². The molecule has 2 aromatic heterocycles. The van der Waals surface area contributed by atoms with E-state index in [0.717, 1.165) is 16.9 Å². The Kier molecular flexibility index (Phi) is 5.25. The Hall–Kier alpha value is -2.93. The molecular weight excluding hydrogens is 320 g/mol. The first kappa shape index (κ1) is 16.9. The van der Waals surface area contributed by atoms with E-state index in [1.165, 1.54) is 0 Å². The van der Waals surface area contributed by atoms with Crippen LogP contribution in [-0.4, -0.2) is 40.0 Å². The van der Waals surface area contributed by atoms with Gasteiger partial charge in [-0.2, -0.15) is 4.98 Å². The number of pyridine rings is 1. The maximum atomic E-state index is 9.05. The Bertz CT molecular complexity index is 800. The maximum Gasteiger partial charge on any atom is 0.259 e. The van der Waals surface area contributed by atoms with Crippen LogP contribution in [0.3, 0.4) is 0 Å². The third kappa shape index (κ3) is 4.33. The van der Waals surface area contributed by atoms with Gasteiger partial charge >= 0.3 is 0 Å². The SMILES string of the molecule is COc1ccc(Cc2noc(-c3ccc(N[C@@H](C)CO)nc3)n2)cc1. The molecule has 25 heavy (non-hydrogen) atoms. The summed E-state index contributed by atoms with van der Waals surface area (Å²) in [4.78, 5) is 8.71. The van der Waals surface area contributed by atoms with Gasteiger partial charge in [0.05, 0.1) is 19.3 Å². The van der Waals surface area contributed by atoms with Crippen molar-refractivity contribution in [3.05, 3.63) is 54.0 Å². The van der Waals surface area contributed by atoms with E-state index in [0.29, 0.717) is 24.0 Å². The zero-order valence-corrected chi connectivity index (χ0v) is 14.1. The van der Waals surface area contributed by atoms with Crippen LogP contribution in [0.5, 0.6) is 5.75 Å². The Morgan fingerprint density at radius 1 is 1.20 bits per heavy atom. The second kappa shape index (κ2) is 7.76. The predicted molar refractivity (Wildman–Crippen MR) is 93.5 cm³/mol. The highest BCUT2D eigenvalue weighted by Crippen LogP contribution is 2.19. The van der Waals surface area contributed by atoms with Gasteiger partial charge in [0.25, 0.3) is 5.89 Å². The highest BCUT2D eigenvalue weighted by molar-refractivity contribution is 5.54. The van der Waals surface area contributed by atoms with E-state index in [9.17, 15) is 0 Å². The Morgan fingerprint density at radius 3 is 2.64 bits per heavy atom. The van der Waals surface area contributed by atoms with Crippen molar-refractivity contribution in [2.75, 3.05) is 19.0 Å².